The van der Waals surface area contributed by atoms with E-state index in [1.807, 2.05) is 0 Å². The van der Waals surface area contributed by atoms with Crippen LogP contribution in [0.15, 0.2) is 10.7 Å². The van der Waals surface area contributed by atoms with Gasteiger partial charge in [-0.2, -0.15) is 18.3 Å². The van der Waals surface area contributed by atoms with E-state index in [0.717, 1.165) is 6.07 Å². The van der Waals surface area contributed by atoms with E-state index in [1.165, 1.54) is 0 Å². The summed E-state index contributed by atoms with van der Waals surface area (Å²) in [7, 11) is 0. The quantitative estimate of drug-likeness (QED) is 0.767. The summed E-state index contributed by atoms with van der Waals surface area (Å²) in [4.78, 5) is 3.62. The van der Waals surface area contributed by atoms with Gasteiger partial charge >= 0.3 is 6.18 Å². The van der Waals surface area contributed by atoms with Gasteiger partial charge in [-0.15, -0.1) is 0 Å². The first kappa shape index (κ1) is 16.6. The van der Waals surface area contributed by atoms with Gasteiger partial charge in [-0.3, -0.25) is 5.10 Å². The minimum Gasteiger partial charge on any atom is -0.308 e. The highest BCUT2D eigenvalue weighted by Gasteiger charge is 2.39. The van der Waals surface area contributed by atoms with Gasteiger partial charge in [0.15, 0.2) is 0 Å². The first-order chi connectivity index (χ1) is 10.7. The second kappa shape index (κ2) is 5.66. The Kier molecular flexibility index (Phi) is 4.07. The number of hydrogen-bond donors (Lipinski definition) is 2. The topological polar surface area (TPSA) is 53.6 Å². The van der Waals surface area contributed by atoms with Crippen LogP contribution in [0.5, 0.6) is 0 Å². The maximum atomic E-state index is 13.2. The third-order valence-corrected chi connectivity index (χ3v) is 4.44. The maximum absolute atomic E-state index is 13.2. The smallest absolute Gasteiger partial charge is 0.308 e. The highest BCUT2D eigenvalue weighted by Crippen LogP contribution is 2.35. The van der Waals surface area contributed by atoms with E-state index in [4.69, 9.17) is 0 Å². The first-order valence-corrected chi connectivity index (χ1v) is 7.67. The zero-order valence-corrected chi connectivity index (χ0v) is 13.2. The molecule has 1 atom stereocenters. The third kappa shape index (κ3) is 3.47. The van der Waals surface area contributed by atoms with Gasteiger partial charge in [0.25, 0.3) is 0 Å². The number of fused-ring (bicyclic) bond motifs is 1. The lowest BCUT2D eigenvalue weighted by Gasteiger charge is -2.14. The summed E-state index contributed by atoms with van der Waals surface area (Å²) in [6, 6.07) is 0.457. The fourth-order valence-electron chi connectivity index (χ4n) is 2.69. The number of halogens is 6. The molecule has 126 valence electrons. The zero-order chi connectivity index (χ0) is 16.8. The number of pyridine rings is 1. The molecule has 0 bridgehead atoms. The maximum Gasteiger partial charge on any atom is 0.433 e. The summed E-state index contributed by atoms with van der Waals surface area (Å²) in [6.45, 7) is -0.0458. The number of nitrogens with zero attached hydrogens (tertiary/aromatic N) is 2. The fourth-order valence-corrected chi connectivity index (χ4v) is 3.09. The molecule has 0 spiro atoms. The summed E-state index contributed by atoms with van der Waals surface area (Å²) in [5, 5.41) is 9.54. The van der Waals surface area contributed by atoms with Crippen molar-refractivity contribution < 1.29 is 22.0 Å². The van der Waals surface area contributed by atoms with Crippen LogP contribution in [0.4, 0.5) is 22.0 Å². The summed E-state index contributed by atoms with van der Waals surface area (Å²) in [5.41, 5.74) is -0.592. The van der Waals surface area contributed by atoms with E-state index < -0.39 is 23.8 Å². The molecule has 10 heteroatoms. The van der Waals surface area contributed by atoms with E-state index in [2.05, 4.69) is 36.4 Å². The highest BCUT2D eigenvalue weighted by molar-refractivity contribution is 9.10. The SMILES string of the molecule is FC1(F)CC[C@H](NCc2nc(C(F)(F)F)cc3c(Br)n[nH]c23)C1. The molecule has 2 aromatic heterocycles. The second-order valence-corrected chi connectivity index (χ2v) is 6.32. The predicted octanol–water partition coefficient (Wildman–Crippen LogP) is 4.02. The summed E-state index contributed by atoms with van der Waals surface area (Å²) < 4.78 is 65.4. The molecule has 4 nitrogen and oxygen atoms in total. The summed E-state index contributed by atoms with van der Waals surface area (Å²) >= 11 is 3.08. The molecule has 2 heterocycles. The van der Waals surface area contributed by atoms with E-state index in [9.17, 15) is 22.0 Å². The van der Waals surface area contributed by atoms with E-state index >= 15 is 0 Å². The molecule has 1 saturated carbocycles. The van der Waals surface area contributed by atoms with Crippen LogP contribution in [-0.2, 0) is 12.7 Å². The van der Waals surface area contributed by atoms with Gasteiger partial charge in [0.2, 0.25) is 5.92 Å². The van der Waals surface area contributed by atoms with Crippen molar-refractivity contribution in [2.75, 3.05) is 0 Å². The van der Waals surface area contributed by atoms with Crippen LogP contribution in [0, 0.1) is 0 Å². The lowest BCUT2D eigenvalue weighted by Crippen LogP contribution is -2.28. The standard InChI is InChI=1S/C13H12BrF5N4/c14-11-7-3-9(13(17,18)19)21-8(10(7)22-23-11)5-20-6-1-2-12(15,16)4-6/h3,6,20H,1-2,4-5H2,(H,22,23)/t6-/m0/s1. The molecule has 0 unspecified atom stereocenters. The lowest BCUT2D eigenvalue weighted by atomic mass is 10.2. The average molecular weight is 399 g/mol. The molecule has 1 aliphatic carbocycles. The molecular formula is C13H12BrF5N4. The summed E-state index contributed by atoms with van der Waals surface area (Å²) in [6.07, 6.45) is -4.85. The average Bonchev–Trinajstić information content (AvgIpc) is 2.98. The van der Waals surface area contributed by atoms with Crippen molar-refractivity contribution in [1.82, 2.24) is 20.5 Å². The zero-order valence-electron chi connectivity index (χ0n) is 11.6. The Morgan fingerprint density at radius 2 is 2.13 bits per heavy atom. The molecule has 0 aromatic carbocycles. The van der Waals surface area contributed by atoms with Crippen molar-refractivity contribution in [2.24, 2.45) is 0 Å². The number of aromatic nitrogens is 3. The van der Waals surface area contributed by atoms with Crippen molar-refractivity contribution in [3.63, 3.8) is 0 Å². The molecule has 3 rings (SSSR count). The second-order valence-electron chi connectivity index (χ2n) is 5.57. The van der Waals surface area contributed by atoms with Crippen LogP contribution in [-0.4, -0.2) is 27.1 Å². The Bertz CT molecular complexity index is 727. The van der Waals surface area contributed by atoms with E-state index in [-0.39, 0.29) is 41.5 Å². The highest BCUT2D eigenvalue weighted by atomic mass is 79.9. The summed E-state index contributed by atoms with van der Waals surface area (Å²) in [5.74, 6) is -2.72. The van der Waals surface area contributed by atoms with Crippen molar-refractivity contribution >= 4 is 26.8 Å². The number of nitrogens with one attached hydrogen (secondary N) is 2. The fraction of sp³-hybridized carbons (Fsp3) is 0.538. The van der Waals surface area contributed by atoms with Crippen LogP contribution in [0.2, 0.25) is 0 Å². The first-order valence-electron chi connectivity index (χ1n) is 6.88. The Balaban J connectivity index is 1.87. The van der Waals surface area contributed by atoms with Crippen LogP contribution in [0.25, 0.3) is 10.9 Å². The van der Waals surface area contributed by atoms with Gasteiger partial charge in [-0.1, -0.05) is 0 Å². The molecule has 0 saturated heterocycles. The lowest BCUT2D eigenvalue weighted by molar-refractivity contribution is -0.141. The van der Waals surface area contributed by atoms with Crippen LogP contribution >= 0.6 is 15.9 Å². The number of hydrogen-bond acceptors (Lipinski definition) is 3. The van der Waals surface area contributed by atoms with Gasteiger partial charge < -0.3 is 5.32 Å². The van der Waals surface area contributed by atoms with Gasteiger partial charge in [-0.05, 0) is 28.4 Å². The molecule has 1 aliphatic rings. The monoisotopic (exact) mass is 398 g/mol. The Morgan fingerprint density at radius 3 is 2.74 bits per heavy atom. The molecule has 2 N–H and O–H groups in total. The van der Waals surface area contributed by atoms with Crippen molar-refractivity contribution in [3.8, 4) is 0 Å². The van der Waals surface area contributed by atoms with E-state index in [1.54, 1.807) is 0 Å². The largest absolute Gasteiger partial charge is 0.433 e. The van der Waals surface area contributed by atoms with Gasteiger partial charge in [-0.25, -0.2) is 13.8 Å². The van der Waals surface area contributed by atoms with Crippen LogP contribution in [0.3, 0.4) is 0 Å². The van der Waals surface area contributed by atoms with Crippen molar-refractivity contribution in [3.05, 3.63) is 22.1 Å². The molecule has 2 aromatic rings. The Labute approximate surface area is 136 Å². The minimum atomic E-state index is -4.60. The number of aromatic amines is 1. The number of H-pyrrole nitrogens is 1. The molecular weight excluding hydrogens is 387 g/mol. The third-order valence-electron chi connectivity index (χ3n) is 3.83. The molecule has 0 amide bonds. The number of rotatable bonds is 3. The van der Waals surface area contributed by atoms with Gasteiger partial charge in [0, 0.05) is 30.8 Å². The molecule has 0 aliphatic heterocycles. The van der Waals surface area contributed by atoms with Gasteiger partial charge in [0.05, 0.1) is 11.2 Å². The van der Waals surface area contributed by atoms with Gasteiger partial charge in [0.1, 0.15) is 10.3 Å². The van der Waals surface area contributed by atoms with Crippen LogP contribution < -0.4 is 5.32 Å². The molecule has 23 heavy (non-hydrogen) atoms. The minimum absolute atomic E-state index is 0.0458. The Hall–Kier alpha value is -1.29. The molecule has 0 radical (unpaired) electrons. The van der Waals surface area contributed by atoms with E-state index in [0.29, 0.717) is 5.52 Å². The number of alkyl halides is 5. The van der Waals surface area contributed by atoms with Crippen molar-refractivity contribution in [1.29, 1.82) is 0 Å². The normalized spacial score (nSPS) is 21.2. The van der Waals surface area contributed by atoms with Crippen molar-refractivity contribution in [2.45, 2.75) is 43.9 Å². The predicted molar refractivity (Wildman–Crippen MR) is 76.0 cm³/mol. The van der Waals surface area contributed by atoms with Crippen LogP contribution in [0.1, 0.15) is 30.7 Å². The Morgan fingerprint density at radius 1 is 1.39 bits per heavy atom. The molecule has 1 fully saturated rings.